The molecule has 7 nitrogen and oxygen atoms in total. The van der Waals surface area contributed by atoms with Crippen LogP contribution < -0.4 is 13.8 Å². The van der Waals surface area contributed by atoms with Crippen molar-refractivity contribution in [3.05, 3.63) is 48.0 Å². The number of sulfonamides is 1. The van der Waals surface area contributed by atoms with Crippen molar-refractivity contribution >= 4 is 37.7 Å². The van der Waals surface area contributed by atoms with E-state index in [1.54, 1.807) is 6.07 Å². The van der Waals surface area contributed by atoms with Crippen LogP contribution in [0.4, 0.5) is 10.5 Å². The van der Waals surface area contributed by atoms with Crippen molar-refractivity contribution in [1.29, 1.82) is 0 Å². The van der Waals surface area contributed by atoms with E-state index < -0.39 is 16.1 Å². The molecule has 2 rings (SSSR count). The highest BCUT2D eigenvalue weighted by Crippen LogP contribution is 2.34. The average molecular weight is 454 g/mol. The molecule has 0 heterocycles. The number of nitrogens with zero attached hydrogens (tertiary/aromatic N) is 1. The summed E-state index contributed by atoms with van der Waals surface area (Å²) in [6, 6.07) is 9.79. The molecule has 0 aliphatic rings. The van der Waals surface area contributed by atoms with Crippen LogP contribution in [0.25, 0.3) is 0 Å². The van der Waals surface area contributed by atoms with Gasteiger partial charge < -0.3 is 14.6 Å². The van der Waals surface area contributed by atoms with E-state index in [-0.39, 0.29) is 20.6 Å². The van der Waals surface area contributed by atoms with Crippen molar-refractivity contribution in [1.82, 2.24) is 0 Å². The van der Waals surface area contributed by atoms with Crippen LogP contribution in [-0.4, -0.2) is 39.2 Å². The molecule has 0 aliphatic carbocycles. The minimum Gasteiger partial charge on any atom is -0.493 e. The molecule has 2 aromatic carbocycles. The van der Waals surface area contributed by atoms with Crippen molar-refractivity contribution in [3.8, 4) is 23.3 Å². The molecule has 0 unspecified atom stereocenters. The Morgan fingerprint density at radius 1 is 1.15 bits per heavy atom. The lowest BCUT2D eigenvalue weighted by atomic mass is 10.2. The van der Waals surface area contributed by atoms with Gasteiger partial charge in [0.2, 0.25) is 0 Å². The van der Waals surface area contributed by atoms with Crippen LogP contribution in [0, 0.1) is 11.8 Å². The third-order valence-electron chi connectivity index (χ3n) is 3.45. The Kier molecular flexibility index (Phi) is 6.71. The van der Waals surface area contributed by atoms with E-state index >= 15 is 0 Å². The number of anilines is 1. The Balaban J connectivity index is 2.58. The van der Waals surface area contributed by atoms with E-state index in [4.69, 9.17) is 9.47 Å². The third-order valence-corrected chi connectivity index (χ3v) is 5.42. The predicted molar refractivity (Wildman–Crippen MR) is 104 cm³/mol. The summed E-state index contributed by atoms with van der Waals surface area (Å²) in [5.74, 6) is 6.10. The number of ether oxygens (including phenoxy) is 2. The van der Waals surface area contributed by atoms with Gasteiger partial charge in [0.15, 0.2) is 11.5 Å². The zero-order chi connectivity index (χ0) is 20.0. The molecule has 0 spiro atoms. The number of methoxy groups -OCH3 is 2. The van der Waals surface area contributed by atoms with E-state index in [0.29, 0.717) is 16.6 Å². The monoisotopic (exact) mass is 453 g/mol. The largest absolute Gasteiger partial charge is 0.493 e. The molecule has 0 fully saturated rings. The van der Waals surface area contributed by atoms with Crippen molar-refractivity contribution in [2.75, 3.05) is 23.9 Å². The second-order valence-corrected chi connectivity index (χ2v) is 7.40. The van der Waals surface area contributed by atoms with Crippen LogP contribution in [0.2, 0.25) is 0 Å². The number of carboxylic acid groups (broad SMARTS) is 1. The number of amides is 1. The fourth-order valence-corrected chi connectivity index (χ4v) is 3.75. The Hall–Kier alpha value is -2.70. The second-order valence-electron chi connectivity index (χ2n) is 5.05. The first-order valence-electron chi connectivity index (χ1n) is 7.50. The van der Waals surface area contributed by atoms with Crippen molar-refractivity contribution in [2.45, 2.75) is 4.90 Å². The zero-order valence-electron chi connectivity index (χ0n) is 14.5. The number of rotatable bonds is 5. The maximum Gasteiger partial charge on any atom is 0.426 e. The molecule has 0 saturated heterocycles. The maximum atomic E-state index is 13.0. The summed E-state index contributed by atoms with van der Waals surface area (Å²) in [7, 11) is -1.60. The van der Waals surface area contributed by atoms with Gasteiger partial charge in [-0.3, -0.25) is 0 Å². The molecule has 9 heteroatoms. The van der Waals surface area contributed by atoms with Crippen LogP contribution in [0.3, 0.4) is 0 Å². The number of hydrogen-bond acceptors (Lipinski definition) is 5. The standard InChI is InChI=1S/C18H16BrNO6S/c1-25-16-9-8-14(12-17(16)26-2)20(18(21)22)27(23,24)15-7-3-5-13(11-15)6-4-10-19/h3,5,7-9,11-12H,10H2,1-2H3,(H,21,22). The van der Waals surface area contributed by atoms with Gasteiger partial charge in [0.1, 0.15) is 0 Å². The lowest BCUT2D eigenvalue weighted by Crippen LogP contribution is -2.35. The van der Waals surface area contributed by atoms with Crippen molar-refractivity contribution < 1.29 is 27.8 Å². The van der Waals surface area contributed by atoms with Crippen molar-refractivity contribution in [2.24, 2.45) is 0 Å². The molecule has 0 saturated carbocycles. The Bertz CT molecular complexity index is 1010. The molecular weight excluding hydrogens is 438 g/mol. The fourth-order valence-electron chi connectivity index (χ4n) is 2.28. The molecule has 27 heavy (non-hydrogen) atoms. The van der Waals surface area contributed by atoms with Gasteiger partial charge in [0, 0.05) is 11.6 Å². The highest BCUT2D eigenvalue weighted by atomic mass is 79.9. The quantitative estimate of drug-likeness (QED) is 0.551. The van der Waals surface area contributed by atoms with Crippen LogP contribution >= 0.6 is 15.9 Å². The molecule has 0 atom stereocenters. The first-order chi connectivity index (χ1) is 12.8. The Morgan fingerprint density at radius 2 is 1.85 bits per heavy atom. The minimum absolute atomic E-state index is 0.0999. The van der Waals surface area contributed by atoms with Gasteiger partial charge in [-0.25, -0.2) is 13.2 Å². The SMILES string of the molecule is COc1ccc(N(C(=O)O)S(=O)(=O)c2cccc(C#CCBr)c2)cc1OC. The first-order valence-corrected chi connectivity index (χ1v) is 10.1. The molecule has 0 aromatic heterocycles. The number of alkyl halides is 1. The highest BCUT2D eigenvalue weighted by molar-refractivity contribution is 9.09. The first kappa shape index (κ1) is 20.6. The van der Waals surface area contributed by atoms with E-state index in [1.807, 2.05) is 0 Å². The summed E-state index contributed by atoms with van der Waals surface area (Å²) in [6.45, 7) is 0. The van der Waals surface area contributed by atoms with Gasteiger partial charge in [-0.1, -0.05) is 33.8 Å². The van der Waals surface area contributed by atoms with Gasteiger partial charge >= 0.3 is 6.09 Å². The van der Waals surface area contributed by atoms with Crippen molar-refractivity contribution in [3.63, 3.8) is 0 Å². The van der Waals surface area contributed by atoms with E-state index in [0.717, 1.165) is 0 Å². The van der Waals surface area contributed by atoms with Gasteiger partial charge in [-0.15, -0.1) is 0 Å². The molecule has 1 amide bonds. The highest BCUT2D eigenvalue weighted by Gasteiger charge is 2.31. The molecule has 0 radical (unpaired) electrons. The maximum absolute atomic E-state index is 13.0. The number of hydrogen-bond donors (Lipinski definition) is 1. The van der Waals surface area contributed by atoms with E-state index in [9.17, 15) is 18.3 Å². The number of benzene rings is 2. The molecule has 2 aromatic rings. The van der Waals surface area contributed by atoms with Gasteiger partial charge in [-0.05, 0) is 30.3 Å². The smallest absolute Gasteiger partial charge is 0.426 e. The molecule has 142 valence electrons. The molecular formula is C18H16BrNO6S. The normalized spacial score (nSPS) is 10.5. The average Bonchev–Trinajstić information content (AvgIpc) is 2.66. The van der Waals surface area contributed by atoms with E-state index in [1.165, 1.54) is 50.6 Å². The van der Waals surface area contributed by atoms with Gasteiger partial charge in [0.05, 0.1) is 30.1 Å². The summed E-state index contributed by atoms with van der Waals surface area (Å²) in [6.07, 6.45) is -1.65. The lowest BCUT2D eigenvalue weighted by molar-refractivity contribution is 0.206. The van der Waals surface area contributed by atoms with Crippen LogP contribution in [0.5, 0.6) is 11.5 Å². The summed E-state index contributed by atoms with van der Waals surface area (Å²) in [5.41, 5.74) is 0.352. The van der Waals surface area contributed by atoms with Gasteiger partial charge in [0.25, 0.3) is 10.0 Å². The Labute approximate surface area is 165 Å². The minimum atomic E-state index is -4.39. The Morgan fingerprint density at radius 3 is 2.44 bits per heavy atom. The van der Waals surface area contributed by atoms with Crippen LogP contribution in [0.15, 0.2) is 47.4 Å². The number of halogens is 1. The topological polar surface area (TPSA) is 93.1 Å². The van der Waals surface area contributed by atoms with Crippen LogP contribution in [-0.2, 0) is 10.0 Å². The summed E-state index contributed by atoms with van der Waals surface area (Å²) < 4.78 is 36.4. The summed E-state index contributed by atoms with van der Waals surface area (Å²) >= 11 is 3.16. The number of carbonyl (C=O) groups is 1. The molecule has 0 bridgehead atoms. The second kappa shape index (κ2) is 8.79. The predicted octanol–water partition coefficient (Wildman–Crippen LogP) is 3.32. The lowest BCUT2D eigenvalue weighted by Gasteiger charge is -2.20. The summed E-state index contributed by atoms with van der Waals surface area (Å²) in [5, 5.41) is 9.99. The van der Waals surface area contributed by atoms with Crippen LogP contribution in [0.1, 0.15) is 5.56 Å². The fraction of sp³-hybridized carbons (Fsp3) is 0.167. The van der Waals surface area contributed by atoms with Gasteiger partial charge in [-0.2, -0.15) is 4.31 Å². The van der Waals surface area contributed by atoms with E-state index in [2.05, 4.69) is 27.8 Å². The third kappa shape index (κ3) is 4.53. The zero-order valence-corrected chi connectivity index (χ0v) is 16.9. The summed E-state index contributed by atoms with van der Waals surface area (Å²) in [4.78, 5) is 11.6. The molecule has 1 N–H and O–H groups in total. The molecule has 0 aliphatic heterocycles.